The van der Waals surface area contributed by atoms with Gasteiger partial charge in [-0.25, -0.2) is 30.7 Å². The van der Waals surface area contributed by atoms with Gasteiger partial charge >= 0.3 is 6.18 Å². The fourth-order valence-electron chi connectivity index (χ4n) is 1.98. The van der Waals surface area contributed by atoms with E-state index in [2.05, 4.69) is 0 Å². The molecule has 0 saturated carbocycles. The Hall–Kier alpha value is -2.26. The van der Waals surface area contributed by atoms with E-state index in [0.717, 1.165) is 0 Å². The zero-order valence-electron chi connectivity index (χ0n) is 11.1. The molecule has 0 nitrogen and oxygen atoms in total. The van der Waals surface area contributed by atoms with Crippen molar-refractivity contribution in [3.05, 3.63) is 58.4 Å². The van der Waals surface area contributed by atoms with Gasteiger partial charge in [-0.15, -0.1) is 0 Å². The second-order valence-electron chi connectivity index (χ2n) is 4.55. The van der Waals surface area contributed by atoms with E-state index in [9.17, 15) is 43.9 Å². The summed E-state index contributed by atoms with van der Waals surface area (Å²) < 4.78 is 131. The number of rotatable bonds is 2. The van der Waals surface area contributed by atoms with Crippen molar-refractivity contribution in [3.8, 4) is 11.1 Å². The van der Waals surface area contributed by atoms with Gasteiger partial charge in [0, 0.05) is 5.56 Å². The fraction of sp³-hybridized carbons (Fsp3) is 0.143. The summed E-state index contributed by atoms with van der Waals surface area (Å²) in [6.45, 7) is 0. The monoisotopic (exact) mass is 362 g/mol. The molecule has 2 aromatic carbocycles. The van der Waals surface area contributed by atoms with Crippen molar-refractivity contribution in [1.29, 1.82) is 0 Å². The molecule has 0 bridgehead atoms. The smallest absolute Gasteiger partial charge is 0.205 e. The van der Waals surface area contributed by atoms with E-state index in [1.165, 1.54) is 0 Å². The Bertz CT molecular complexity index is 762. The molecule has 0 unspecified atom stereocenters. The lowest BCUT2D eigenvalue weighted by Gasteiger charge is -2.15. The van der Waals surface area contributed by atoms with Gasteiger partial charge in [-0.1, -0.05) is 6.07 Å². The molecule has 0 aliphatic rings. The summed E-state index contributed by atoms with van der Waals surface area (Å²) in [5.41, 5.74) is -6.20. The van der Waals surface area contributed by atoms with Crippen LogP contribution in [0.25, 0.3) is 11.1 Å². The van der Waals surface area contributed by atoms with Gasteiger partial charge in [0.2, 0.25) is 5.82 Å². The highest BCUT2D eigenvalue weighted by Crippen LogP contribution is 2.40. The van der Waals surface area contributed by atoms with Gasteiger partial charge in [-0.2, -0.15) is 13.2 Å². The third kappa shape index (κ3) is 2.92. The molecule has 130 valence electrons. The van der Waals surface area contributed by atoms with Crippen LogP contribution < -0.4 is 0 Å². The molecule has 0 atom stereocenters. The van der Waals surface area contributed by atoms with Gasteiger partial charge in [0.1, 0.15) is 0 Å². The van der Waals surface area contributed by atoms with Gasteiger partial charge in [0.25, 0.3) is 6.43 Å². The molecule has 10 heteroatoms. The minimum Gasteiger partial charge on any atom is -0.205 e. The van der Waals surface area contributed by atoms with Crippen LogP contribution in [0.15, 0.2) is 18.2 Å². The van der Waals surface area contributed by atoms with Crippen LogP contribution in [0.2, 0.25) is 0 Å². The van der Waals surface area contributed by atoms with Crippen LogP contribution >= 0.6 is 0 Å². The molecular formula is C14H4F10. The summed E-state index contributed by atoms with van der Waals surface area (Å²) in [5, 5.41) is 0. The van der Waals surface area contributed by atoms with Crippen LogP contribution in [0.3, 0.4) is 0 Å². The average Bonchev–Trinajstić information content (AvgIpc) is 2.50. The second kappa shape index (κ2) is 5.99. The molecule has 0 aliphatic carbocycles. The van der Waals surface area contributed by atoms with E-state index in [-0.39, 0.29) is 18.2 Å². The SMILES string of the molecule is Fc1c(F)c(F)c(-c2cc(C(F)(F)F)ccc2C(F)F)c(F)c1F. The lowest BCUT2D eigenvalue weighted by molar-refractivity contribution is -0.137. The van der Waals surface area contributed by atoms with Crippen LogP contribution in [0.1, 0.15) is 17.6 Å². The second-order valence-corrected chi connectivity index (χ2v) is 4.55. The molecule has 0 aromatic heterocycles. The van der Waals surface area contributed by atoms with Crippen molar-refractivity contribution < 1.29 is 43.9 Å². The number of hydrogen-bond acceptors (Lipinski definition) is 0. The van der Waals surface area contributed by atoms with Crippen LogP contribution in [-0.2, 0) is 6.18 Å². The van der Waals surface area contributed by atoms with Crippen LogP contribution in [0.5, 0.6) is 0 Å². The maximum absolute atomic E-state index is 13.7. The summed E-state index contributed by atoms with van der Waals surface area (Å²) in [4.78, 5) is 0. The van der Waals surface area contributed by atoms with E-state index in [1.807, 2.05) is 0 Å². The van der Waals surface area contributed by atoms with Crippen molar-refractivity contribution in [3.63, 3.8) is 0 Å². The summed E-state index contributed by atoms with van der Waals surface area (Å²) in [5.74, 6) is -12.5. The zero-order valence-corrected chi connectivity index (χ0v) is 11.1. The third-order valence-electron chi connectivity index (χ3n) is 3.09. The van der Waals surface area contributed by atoms with Crippen LogP contribution in [-0.4, -0.2) is 0 Å². The van der Waals surface area contributed by atoms with Crippen molar-refractivity contribution in [1.82, 2.24) is 0 Å². The molecule has 0 fully saturated rings. The minimum atomic E-state index is -5.08. The molecule has 0 amide bonds. The fourth-order valence-corrected chi connectivity index (χ4v) is 1.98. The molecule has 0 N–H and O–H groups in total. The van der Waals surface area contributed by atoms with E-state index in [1.54, 1.807) is 0 Å². The van der Waals surface area contributed by atoms with Crippen molar-refractivity contribution in [2.45, 2.75) is 12.6 Å². The molecule has 2 aromatic rings. The van der Waals surface area contributed by atoms with Gasteiger partial charge < -0.3 is 0 Å². The normalized spacial score (nSPS) is 12.1. The molecule has 0 saturated heterocycles. The highest BCUT2D eigenvalue weighted by atomic mass is 19.4. The van der Waals surface area contributed by atoms with E-state index < -0.39 is 63.9 Å². The molecule has 0 heterocycles. The third-order valence-corrected chi connectivity index (χ3v) is 3.09. The largest absolute Gasteiger partial charge is 0.416 e. The van der Waals surface area contributed by atoms with Crippen molar-refractivity contribution in [2.24, 2.45) is 0 Å². The van der Waals surface area contributed by atoms with E-state index in [0.29, 0.717) is 0 Å². The van der Waals surface area contributed by atoms with Gasteiger partial charge in [0.15, 0.2) is 23.3 Å². The number of halogens is 10. The average molecular weight is 362 g/mol. The topological polar surface area (TPSA) is 0 Å². The Morgan fingerprint density at radius 2 is 1.17 bits per heavy atom. The molecule has 0 radical (unpaired) electrons. The quantitative estimate of drug-likeness (QED) is 0.349. The Morgan fingerprint density at radius 3 is 1.58 bits per heavy atom. The summed E-state index contributed by atoms with van der Waals surface area (Å²) in [7, 11) is 0. The number of benzene rings is 2. The Labute approximate surface area is 127 Å². The molecule has 0 aliphatic heterocycles. The Morgan fingerprint density at radius 1 is 0.708 bits per heavy atom. The number of alkyl halides is 5. The summed E-state index contributed by atoms with van der Waals surface area (Å²) in [6, 6.07) is 0.317. The Kier molecular flexibility index (Phi) is 4.51. The maximum atomic E-state index is 13.7. The van der Waals surface area contributed by atoms with Crippen molar-refractivity contribution in [2.75, 3.05) is 0 Å². The lowest BCUT2D eigenvalue weighted by Crippen LogP contribution is -2.09. The Balaban J connectivity index is 2.90. The van der Waals surface area contributed by atoms with E-state index in [4.69, 9.17) is 0 Å². The molecule has 24 heavy (non-hydrogen) atoms. The van der Waals surface area contributed by atoms with Crippen LogP contribution in [0.4, 0.5) is 43.9 Å². The molecule has 0 spiro atoms. The van der Waals surface area contributed by atoms with Crippen LogP contribution in [0, 0.1) is 29.1 Å². The predicted molar refractivity (Wildman–Crippen MR) is 61.6 cm³/mol. The minimum absolute atomic E-state index is 0.0974. The predicted octanol–water partition coefficient (Wildman–Crippen LogP) is 6.01. The number of hydrogen-bond donors (Lipinski definition) is 0. The molecular weight excluding hydrogens is 358 g/mol. The highest BCUT2D eigenvalue weighted by molar-refractivity contribution is 5.70. The first kappa shape index (κ1) is 18.1. The van der Waals surface area contributed by atoms with Crippen molar-refractivity contribution >= 4 is 0 Å². The summed E-state index contributed by atoms with van der Waals surface area (Å²) >= 11 is 0. The first-order valence-electron chi connectivity index (χ1n) is 5.98. The van der Waals surface area contributed by atoms with E-state index >= 15 is 0 Å². The summed E-state index contributed by atoms with van der Waals surface area (Å²) in [6.07, 6.45) is -8.60. The van der Waals surface area contributed by atoms with Gasteiger partial charge in [-0.3, -0.25) is 0 Å². The van der Waals surface area contributed by atoms with Gasteiger partial charge in [-0.05, 0) is 17.7 Å². The first-order valence-corrected chi connectivity index (χ1v) is 5.98. The lowest BCUT2D eigenvalue weighted by atomic mass is 9.95. The maximum Gasteiger partial charge on any atom is 0.416 e. The highest BCUT2D eigenvalue weighted by Gasteiger charge is 2.34. The first-order chi connectivity index (χ1) is 11.0. The molecule has 2 rings (SSSR count). The van der Waals surface area contributed by atoms with Gasteiger partial charge in [0.05, 0.1) is 11.1 Å². The standard InChI is InChI=1S/C14H4F10/c15-8-7(9(16)11(18)12(19)10(8)17)6-3-4(14(22,23)24)1-2-5(6)13(20)21/h1-3,13H. The zero-order chi connectivity index (χ0) is 18.4.